The molecule has 0 radical (unpaired) electrons. The summed E-state index contributed by atoms with van der Waals surface area (Å²) in [6, 6.07) is 8.79. The van der Waals surface area contributed by atoms with Crippen molar-refractivity contribution >= 4 is 17.4 Å². The molecule has 1 N–H and O–H groups in total. The molecule has 1 aliphatic heterocycles. The Morgan fingerprint density at radius 2 is 1.90 bits per heavy atom. The summed E-state index contributed by atoms with van der Waals surface area (Å²) in [6.07, 6.45) is 1.59. The maximum Gasteiger partial charge on any atom is 0.314 e. The Kier molecular flexibility index (Phi) is 5.11. The van der Waals surface area contributed by atoms with E-state index in [1.54, 1.807) is 12.1 Å². The molecule has 30 heavy (non-hydrogen) atoms. The normalized spacial score (nSPS) is 20.9. The monoisotopic (exact) mass is 409 g/mol. The number of para-hydroxylation sites is 1. The molecule has 0 spiro atoms. The van der Waals surface area contributed by atoms with Gasteiger partial charge in [0, 0.05) is 5.69 Å². The van der Waals surface area contributed by atoms with E-state index in [1.807, 2.05) is 24.3 Å². The molecule has 2 aromatic rings. The van der Waals surface area contributed by atoms with Gasteiger partial charge in [-0.1, -0.05) is 30.9 Å². The molecule has 2 aliphatic rings. The molecule has 3 atom stereocenters. The van der Waals surface area contributed by atoms with Gasteiger partial charge in [-0.2, -0.15) is 0 Å². The fourth-order valence-corrected chi connectivity index (χ4v) is 4.44. The largest absolute Gasteiger partial charge is 0.493 e. The Balaban J connectivity index is 1.94. The Labute approximate surface area is 174 Å². The molecule has 0 unspecified atom stereocenters. The highest BCUT2D eigenvalue weighted by Gasteiger charge is 2.53. The number of hydrogen-bond acceptors (Lipinski definition) is 7. The van der Waals surface area contributed by atoms with Crippen LogP contribution < -0.4 is 19.5 Å². The lowest BCUT2D eigenvalue weighted by Crippen LogP contribution is -2.36. The third-order valence-electron chi connectivity index (χ3n) is 5.67. The molecule has 4 rings (SSSR count). The van der Waals surface area contributed by atoms with Crippen molar-refractivity contribution in [2.75, 3.05) is 33.3 Å². The molecule has 0 bridgehead atoms. The highest BCUT2D eigenvalue weighted by atomic mass is 16.5. The Bertz CT molecular complexity index is 1030. The van der Waals surface area contributed by atoms with Crippen LogP contribution in [0.3, 0.4) is 0 Å². The number of carbonyl (C=O) groups is 2. The van der Waals surface area contributed by atoms with E-state index in [4.69, 9.17) is 18.9 Å². The van der Waals surface area contributed by atoms with Gasteiger partial charge in [-0.15, -0.1) is 0 Å². The highest BCUT2D eigenvalue weighted by molar-refractivity contribution is 6.10. The molecule has 0 aromatic heterocycles. The molecule has 0 amide bonds. The predicted molar refractivity (Wildman–Crippen MR) is 111 cm³/mol. The van der Waals surface area contributed by atoms with Crippen molar-refractivity contribution in [3.05, 3.63) is 59.7 Å². The van der Waals surface area contributed by atoms with Crippen LogP contribution in [-0.2, 0) is 9.53 Å². The lowest BCUT2D eigenvalue weighted by Gasteiger charge is -2.34. The Morgan fingerprint density at radius 1 is 1.13 bits per heavy atom. The molecule has 2 aromatic carbocycles. The number of methoxy groups -OCH3 is 3. The van der Waals surface area contributed by atoms with Crippen LogP contribution in [0.2, 0.25) is 0 Å². The Morgan fingerprint density at radius 3 is 2.57 bits per heavy atom. The molecule has 0 saturated heterocycles. The molecular formula is C23H23NO6. The average Bonchev–Trinajstić information content (AvgIpc) is 3.05. The maximum atomic E-state index is 13.7. The number of rotatable bonds is 6. The second-order valence-corrected chi connectivity index (χ2v) is 7.11. The standard InChI is InChI=1S/C23H23NO6/c1-5-10-30-22-17-13(11-15(27-2)21(22)28-3)19-18(20(17)25)16(23(26)29-4)12-8-6-7-9-14(12)24-19/h5-9,11,16,18-19,24H,1,10H2,2-4H3/t16-,18-,19-/m0/s1. The summed E-state index contributed by atoms with van der Waals surface area (Å²) in [5, 5.41) is 3.43. The first-order valence-corrected chi connectivity index (χ1v) is 9.57. The van der Waals surface area contributed by atoms with E-state index in [-0.39, 0.29) is 12.4 Å². The molecule has 0 saturated carbocycles. The van der Waals surface area contributed by atoms with Gasteiger partial charge < -0.3 is 24.3 Å². The number of benzene rings is 2. The first kappa shape index (κ1) is 19.8. The van der Waals surface area contributed by atoms with Gasteiger partial charge in [-0.3, -0.25) is 9.59 Å². The van der Waals surface area contributed by atoms with E-state index in [0.29, 0.717) is 28.4 Å². The second kappa shape index (κ2) is 7.74. The van der Waals surface area contributed by atoms with Gasteiger partial charge in [0.25, 0.3) is 0 Å². The predicted octanol–water partition coefficient (Wildman–Crippen LogP) is 3.50. The van der Waals surface area contributed by atoms with Gasteiger partial charge in [-0.25, -0.2) is 0 Å². The van der Waals surface area contributed by atoms with Crippen molar-refractivity contribution in [3.63, 3.8) is 0 Å². The molecule has 7 nitrogen and oxygen atoms in total. The summed E-state index contributed by atoms with van der Waals surface area (Å²) >= 11 is 0. The summed E-state index contributed by atoms with van der Waals surface area (Å²) in [5.74, 6) is -0.997. The number of hydrogen-bond donors (Lipinski definition) is 1. The fraction of sp³-hybridized carbons (Fsp3) is 0.304. The molecule has 7 heteroatoms. The van der Waals surface area contributed by atoms with Crippen molar-refractivity contribution in [2.45, 2.75) is 12.0 Å². The number of ketones is 1. The number of anilines is 1. The van der Waals surface area contributed by atoms with Crippen LogP contribution in [0.25, 0.3) is 0 Å². The van der Waals surface area contributed by atoms with Crippen LogP contribution in [-0.4, -0.2) is 39.7 Å². The van der Waals surface area contributed by atoms with Crippen LogP contribution in [0.15, 0.2) is 43.0 Å². The first-order chi connectivity index (χ1) is 14.6. The maximum absolute atomic E-state index is 13.7. The summed E-state index contributed by atoms with van der Waals surface area (Å²) in [6.45, 7) is 3.86. The molecule has 0 fully saturated rings. The van der Waals surface area contributed by atoms with Crippen molar-refractivity contribution < 1.29 is 28.5 Å². The summed E-state index contributed by atoms with van der Waals surface area (Å²) in [7, 11) is 4.35. The van der Waals surface area contributed by atoms with Gasteiger partial charge in [0.05, 0.1) is 44.8 Å². The van der Waals surface area contributed by atoms with Gasteiger partial charge in [0.1, 0.15) is 6.61 Å². The van der Waals surface area contributed by atoms with Crippen LogP contribution in [0.5, 0.6) is 17.2 Å². The van der Waals surface area contributed by atoms with Gasteiger partial charge in [-0.05, 0) is 23.3 Å². The molecule has 1 heterocycles. The minimum atomic E-state index is -0.735. The number of carbonyl (C=O) groups excluding carboxylic acids is 2. The highest BCUT2D eigenvalue weighted by Crippen LogP contribution is 2.56. The third-order valence-corrected chi connectivity index (χ3v) is 5.67. The fourth-order valence-electron chi connectivity index (χ4n) is 4.44. The lowest BCUT2D eigenvalue weighted by molar-refractivity contribution is -0.143. The van der Waals surface area contributed by atoms with E-state index < -0.39 is 23.8 Å². The van der Waals surface area contributed by atoms with Crippen LogP contribution in [0.4, 0.5) is 5.69 Å². The van der Waals surface area contributed by atoms with Crippen LogP contribution >= 0.6 is 0 Å². The summed E-state index contributed by atoms with van der Waals surface area (Å²) < 4.78 is 21.9. The van der Waals surface area contributed by atoms with Gasteiger partial charge in [0.2, 0.25) is 5.75 Å². The minimum absolute atomic E-state index is 0.187. The van der Waals surface area contributed by atoms with Crippen molar-refractivity contribution in [1.82, 2.24) is 0 Å². The van der Waals surface area contributed by atoms with Gasteiger partial charge >= 0.3 is 5.97 Å². The Hall–Kier alpha value is -3.48. The SMILES string of the molecule is C=CCOc1c(OC)c(OC)cc2c1C(=O)[C@@H]1[C@H]2Nc2ccccc2[C@@H]1C(=O)OC. The zero-order valence-corrected chi connectivity index (χ0v) is 17.1. The number of Topliss-reactive ketones (excluding diaryl/α,β-unsaturated/α-hetero) is 1. The first-order valence-electron chi connectivity index (χ1n) is 9.57. The smallest absolute Gasteiger partial charge is 0.314 e. The van der Waals surface area contributed by atoms with Gasteiger partial charge in [0.15, 0.2) is 17.3 Å². The molecular weight excluding hydrogens is 386 g/mol. The second-order valence-electron chi connectivity index (χ2n) is 7.11. The summed E-state index contributed by atoms with van der Waals surface area (Å²) in [4.78, 5) is 26.4. The number of esters is 1. The van der Waals surface area contributed by atoms with Crippen molar-refractivity contribution in [3.8, 4) is 17.2 Å². The van der Waals surface area contributed by atoms with Crippen molar-refractivity contribution in [1.29, 1.82) is 0 Å². The lowest BCUT2D eigenvalue weighted by atomic mass is 9.77. The van der Waals surface area contributed by atoms with E-state index in [1.165, 1.54) is 21.3 Å². The van der Waals surface area contributed by atoms with E-state index in [9.17, 15) is 9.59 Å². The van der Waals surface area contributed by atoms with E-state index in [0.717, 1.165) is 11.3 Å². The zero-order valence-electron chi connectivity index (χ0n) is 17.1. The number of nitrogens with one attached hydrogen (secondary N) is 1. The minimum Gasteiger partial charge on any atom is -0.493 e. The van der Waals surface area contributed by atoms with E-state index >= 15 is 0 Å². The third kappa shape index (κ3) is 2.81. The molecule has 156 valence electrons. The number of ether oxygens (including phenoxy) is 4. The summed E-state index contributed by atoms with van der Waals surface area (Å²) in [5.41, 5.74) is 2.61. The topological polar surface area (TPSA) is 83.1 Å². The average molecular weight is 409 g/mol. The van der Waals surface area contributed by atoms with Crippen LogP contribution in [0, 0.1) is 5.92 Å². The van der Waals surface area contributed by atoms with E-state index in [2.05, 4.69) is 11.9 Å². The quantitative estimate of drug-likeness (QED) is 0.577. The van der Waals surface area contributed by atoms with Crippen LogP contribution in [0.1, 0.15) is 33.4 Å². The number of fused-ring (bicyclic) bond motifs is 4. The zero-order chi connectivity index (χ0) is 21.4. The van der Waals surface area contributed by atoms with Crippen molar-refractivity contribution in [2.24, 2.45) is 5.92 Å². The molecule has 1 aliphatic carbocycles.